The highest BCUT2D eigenvalue weighted by Crippen LogP contribution is 2.33. The molecule has 108 valence electrons. The molecule has 2 N–H and O–H groups in total. The van der Waals surface area contributed by atoms with Crippen molar-refractivity contribution < 1.29 is 9.84 Å². The molecule has 4 heteroatoms. The first-order valence-electron chi connectivity index (χ1n) is 6.42. The van der Waals surface area contributed by atoms with E-state index in [1.165, 1.54) is 0 Å². The summed E-state index contributed by atoms with van der Waals surface area (Å²) in [6.45, 7) is 9.17. The Morgan fingerprint density at radius 1 is 1.26 bits per heavy atom. The van der Waals surface area contributed by atoms with Crippen LogP contribution in [0.5, 0.6) is 5.75 Å². The zero-order chi connectivity index (χ0) is 14.7. The average molecular weight is 330 g/mol. The Hall–Kier alpha value is -0.580. The van der Waals surface area contributed by atoms with E-state index in [1.807, 2.05) is 26.0 Å². The SMILES string of the molecule is COc1ccc(Br)cc1C(C)(C)CNC(C)(C)CO. The first-order valence-corrected chi connectivity index (χ1v) is 7.21. The van der Waals surface area contributed by atoms with E-state index in [0.29, 0.717) is 0 Å². The van der Waals surface area contributed by atoms with Crippen LogP contribution in [0.4, 0.5) is 0 Å². The van der Waals surface area contributed by atoms with Crippen LogP contribution in [-0.2, 0) is 5.41 Å². The van der Waals surface area contributed by atoms with Gasteiger partial charge in [-0.15, -0.1) is 0 Å². The number of ether oxygens (including phenoxy) is 1. The van der Waals surface area contributed by atoms with Gasteiger partial charge in [0.05, 0.1) is 13.7 Å². The van der Waals surface area contributed by atoms with Crippen LogP contribution in [0.2, 0.25) is 0 Å². The van der Waals surface area contributed by atoms with Gasteiger partial charge in [-0.2, -0.15) is 0 Å². The van der Waals surface area contributed by atoms with E-state index in [-0.39, 0.29) is 17.6 Å². The monoisotopic (exact) mass is 329 g/mol. The number of hydrogen-bond acceptors (Lipinski definition) is 3. The Labute approximate surface area is 124 Å². The topological polar surface area (TPSA) is 41.5 Å². The third-order valence-electron chi connectivity index (χ3n) is 3.29. The highest BCUT2D eigenvalue weighted by molar-refractivity contribution is 9.10. The highest BCUT2D eigenvalue weighted by Gasteiger charge is 2.27. The Bertz CT molecular complexity index is 430. The first-order chi connectivity index (χ1) is 8.72. The second-order valence-electron chi connectivity index (χ2n) is 6.12. The minimum atomic E-state index is -0.281. The van der Waals surface area contributed by atoms with E-state index in [1.54, 1.807) is 7.11 Å². The smallest absolute Gasteiger partial charge is 0.122 e. The molecule has 0 saturated carbocycles. The van der Waals surface area contributed by atoms with Gasteiger partial charge in [0, 0.05) is 27.5 Å². The quantitative estimate of drug-likeness (QED) is 0.842. The Balaban J connectivity index is 2.96. The molecule has 19 heavy (non-hydrogen) atoms. The van der Waals surface area contributed by atoms with Crippen molar-refractivity contribution in [1.82, 2.24) is 5.32 Å². The summed E-state index contributed by atoms with van der Waals surface area (Å²) in [6.07, 6.45) is 0. The molecule has 1 aromatic rings. The molecule has 0 aliphatic heterocycles. The summed E-state index contributed by atoms with van der Waals surface area (Å²) in [5, 5.41) is 12.7. The van der Waals surface area contributed by atoms with Crippen LogP contribution >= 0.6 is 15.9 Å². The molecule has 1 aromatic carbocycles. The molecule has 0 saturated heterocycles. The minimum Gasteiger partial charge on any atom is -0.496 e. The van der Waals surface area contributed by atoms with Crippen LogP contribution < -0.4 is 10.1 Å². The van der Waals surface area contributed by atoms with E-state index >= 15 is 0 Å². The van der Waals surface area contributed by atoms with Gasteiger partial charge in [-0.05, 0) is 32.0 Å². The molecule has 0 bridgehead atoms. The van der Waals surface area contributed by atoms with Crippen molar-refractivity contribution in [2.45, 2.75) is 38.6 Å². The molecule has 0 aromatic heterocycles. The van der Waals surface area contributed by atoms with Gasteiger partial charge >= 0.3 is 0 Å². The summed E-state index contributed by atoms with van der Waals surface area (Å²) < 4.78 is 6.49. The predicted octanol–water partition coefficient (Wildman–Crippen LogP) is 3.10. The fourth-order valence-corrected chi connectivity index (χ4v) is 2.18. The van der Waals surface area contributed by atoms with E-state index in [9.17, 15) is 5.11 Å². The van der Waals surface area contributed by atoms with E-state index in [2.05, 4.69) is 41.2 Å². The minimum absolute atomic E-state index is 0.0957. The van der Waals surface area contributed by atoms with Gasteiger partial charge in [0.15, 0.2) is 0 Å². The molecule has 0 heterocycles. The maximum absolute atomic E-state index is 9.31. The number of hydrogen-bond donors (Lipinski definition) is 2. The summed E-state index contributed by atoms with van der Waals surface area (Å²) in [4.78, 5) is 0. The van der Waals surface area contributed by atoms with Crippen LogP contribution in [0.1, 0.15) is 33.3 Å². The molecule has 0 amide bonds. The summed E-state index contributed by atoms with van der Waals surface area (Å²) in [6, 6.07) is 6.04. The molecular formula is C15H24BrNO2. The molecule has 0 fully saturated rings. The number of halogens is 1. The number of methoxy groups -OCH3 is 1. The molecule has 3 nitrogen and oxygen atoms in total. The predicted molar refractivity (Wildman–Crippen MR) is 82.9 cm³/mol. The van der Waals surface area contributed by atoms with Crippen molar-refractivity contribution in [3.8, 4) is 5.75 Å². The standard InChI is InChI=1S/C15H24BrNO2/c1-14(2,9-17-15(3,4)10-18)12-8-11(16)6-7-13(12)19-5/h6-8,17-18H,9-10H2,1-5H3. The van der Waals surface area contributed by atoms with Crippen LogP contribution in [0.15, 0.2) is 22.7 Å². The molecule has 1 rings (SSSR count). The van der Waals surface area contributed by atoms with Gasteiger partial charge in [-0.3, -0.25) is 0 Å². The first kappa shape index (κ1) is 16.5. The lowest BCUT2D eigenvalue weighted by atomic mass is 9.83. The maximum Gasteiger partial charge on any atom is 0.122 e. The normalized spacial score (nSPS) is 12.6. The zero-order valence-corrected chi connectivity index (χ0v) is 14.0. The fourth-order valence-electron chi connectivity index (χ4n) is 1.82. The van der Waals surface area contributed by atoms with Gasteiger partial charge < -0.3 is 15.2 Å². The van der Waals surface area contributed by atoms with Crippen molar-refractivity contribution >= 4 is 15.9 Å². The number of aliphatic hydroxyl groups is 1. The molecule has 0 aliphatic rings. The van der Waals surface area contributed by atoms with Gasteiger partial charge in [-0.1, -0.05) is 29.8 Å². The van der Waals surface area contributed by atoms with Crippen LogP contribution in [0.25, 0.3) is 0 Å². The largest absolute Gasteiger partial charge is 0.496 e. The summed E-state index contributed by atoms with van der Waals surface area (Å²) >= 11 is 3.51. The molecular weight excluding hydrogens is 306 g/mol. The van der Waals surface area contributed by atoms with Crippen LogP contribution in [-0.4, -0.2) is 30.9 Å². The summed E-state index contributed by atoms with van der Waals surface area (Å²) in [5.74, 6) is 0.886. The lowest BCUT2D eigenvalue weighted by Gasteiger charge is -2.33. The summed E-state index contributed by atoms with van der Waals surface area (Å²) in [7, 11) is 1.69. The third kappa shape index (κ3) is 4.48. The average Bonchev–Trinajstić information content (AvgIpc) is 2.37. The van der Waals surface area contributed by atoms with Crippen molar-refractivity contribution in [1.29, 1.82) is 0 Å². The third-order valence-corrected chi connectivity index (χ3v) is 3.79. The molecule has 0 spiro atoms. The van der Waals surface area contributed by atoms with Crippen molar-refractivity contribution in [3.63, 3.8) is 0 Å². The molecule has 0 aliphatic carbocycles. The van der Waals surface area contributed by atoms with Crippen LogP contribution in [0, 0.1) is 0 Å². The molecule has 0 atom stereocenters. The summed E-state index contributed by atoms with van der Waals surface area (Å²) in [5.41, 5.74) is 0.767. The number of aliphatic hydroxyl groups excluding tert-OH is 1. The van der Waals surface area contributed by atoms with E-state index < -0.39 is 0 Å². The van der Waals surface area contributed by atoms with Gasteiger partial charge in [0.25, 0.3) is 0 Å². The van der Waals surface area contributed by atoms with E-state index in [0.717, 1.165) is 22.3 Å². The van der Waals surface area contributed by atoms with Gasteiger partial charge in [-0.25, -0.2) is 0 Å². The van der Waals surface area contributed by atoms with Crippen molar-refractivity contribution in [3.05, 3.63) is 28.2 Å². The fraction of sp³-hybridized carbons (Fsp3) is 0.600. The van der Waals surface area contributed by atoms with E-state index in [4.69, 9.17) is 4.74 Å². The van der Waals surface area contributed by atoms with Crippen molar-refractivity contribution in [2.75, 3.05) is 20.3 Å². The maximum atomic E-state index is 9.31. The Morgan fingerprint density at radius 3 is 2.42 bits per heavy atom. The Kier molecular flexibility index (Phi) is 5.42. The highest BCUT2D eigenvalue weighted by atomic mass is 79.9. The zero-order valence-electron chi connectivity index (χ0n) is 12.4. The van der Waals surface area contributed by atoms with Gasteiger partial charge in [0.2, 0.25) is 0 Å². The lowest BCUT2D eigenvalue weighted by molar-refractivity contribution is 0.181. The van der Waals surface area contributed by atoms with Crippen molar-refractivity contribution in [2.24, 2.45) is 0 Å². The van der Waals surface area contributed by atoms with Crippen LogP contribution in [0.3, 0.4) is 0 Å². The second kappa shape index (κ2) is 6.25. The lowest BCUT2D eigenvalue weighted by Crippen LogP contribution is -2.48. The van der Waals surface area contributed by atoms with Gasteiger partial charge in [0.1, 0.15) is 5.75 Å². The molecule has 0 unspecified atom stereocenters. The molecule has 0 radical (unpaired) electrons. The number of nitrogens with one attached hydrogen (secondary N) is 1. The Morgan fingerprint density at radius 2 is 1.89 bits per heavy atom. The number of benzene rings is 1. The number of rotatable bonds is 6. The second-order valence-corrected chi connectivity index (χ2v) is 7.04.